The lowest BCUT2D eigenvalue weighted by atomic mass is 9.85. The highest BCUT2D eigenvalue weighted by atomic mass is 16.5. The van der Waals surface area contributed by atoms with Crippen LogP contribution in [0.15, 0.2) is 24.3 Å². The molecule has 0 radical (unpaired) electrons. The summed E-state index contributed by atoms with van der Waals surface area (Å²) in [5, 5.41) is 7.36. The van der Waals surface area contributed by atoms with Gasteiger partial charge in [0, 0.05) is 5.56 Å². The molecule has 3 heteroatoms. The maximum absolute atomic E-state index is 7.36. The molecule has 0 spiro atoms. The molecule has 2 rings (SSSR count). The van der Waals surface area contributed by atoms with Crippen LogP contribution in [-0.2, 0) is 11.3 Å². The van der Waals surface area contributed by atoms with Crippen molar-refractivity contribution < 1.29 is 4.74 Å². The quantitative estimate of drug-likeness (QED) is 0.629. The first-order valence-corrected chi connectivity index (χ1v) is 7.24. The highest BCUT2D eigenvalue weighted by Gasteiger charge is 2.21. The molecule has 3 nitrogen and oxygen atoms in total. The van der Waals surface area contributed by atoms with Crippen molar-refractivity contribution in [2.75, 3.05) is 0 Å². The average molecular weight is 260 g/mol. The van der Waals surface area contributed by atoms with Crippen molar-refractivity contribution in [2.24, 2.45) is 11.7 Å². The highest BCUT2D eigenvalue weighted by molar-refractivity contribution is 5.94. The number of benzene rings is 1. The van der Waals surface area contributed by atoms with E-state index in [1.54, 1.807) is 0 Å². The van der Waals surface area contributed by atoms with E-state index in [-0.39, 0.29) is 5.84 Å². The van der Waals surface area contributed by atoms with E-state index in [1.165, 1.54) is 32.1 Å². The van der Waals surface area contributed by atoms with Crippen LogP contribution >= 0.6 is 0 Å². The predicted octanol–water partition coefficient (Wildman–Crippen LogP) is 3.46. The van der Waals surface area contributed by atoms with Gasteiger partial charge in [-0.2, -0.15) is 0 Å². The van der Waals surface area contributed by atoms with E-state index >= 15 is 0 Å². The van der Waals surface area contributed by atoms with Gasteiger partial charge in [-0.3, -0.25) is 5.41 Å². The van der Waals surface area contributed by atoms with Crippen LogP contribution in [0.5, 0.6) is 0 Å². The monoisotopic (exact) mass is 260 g/mol. The second-order valence-corrected chi connectivity index (χ2v) is 5.48. The Morgan fingerprint density at radius 2 is 2.05 bits per heavy atom. The fourth-order valence-electron chi connectivity index (χ4n) is 2.76. The van der Waals surface area contributed by atoms with Gasteiger partial charge in [0.05, 0.1) is 12.7 Å². The molecule has 1 fully saturated rings. The van der Waals surface area contributed by atoms with Gasteiger partial charge in [-0.25, -0.2) is 0 Å². The maximum atomic E-state index is 7.36. The molecular formula is C16H24N2O. The molecule has 0 bridgehead atoms. The molecule has 19 heavy (non-hydrogen) atoms. The Labute approximate surface area is 115 Å². The molecule has 2 unspecified atom stereocenters. The van der Waals surface area contributed by atoms with Gasteiger partial charge in [-0.15, -0.1) is 0 Å². The van der Waals surface area contributed by atoms with Crippen LogP contribution in [0.2, 0.25) is 0 Å². The van der Waals surface area contributed by atoms with Crippen LogP contribution in [0, 0.1) is 11.3 Å². The van der Waals surface area contributed by atoms with Crippen molar-refractivity contribution in [3.8, 4) is 0 Å². The minimum atomic E-state index is 0.116. The van der Waals surface area contributed by atoms with E-state index in [0.29, 0.717) is 12.7 Å². The number of nitrogens with two attached hydrogens (primary N) is 1. The molecule has 1 aromatic rings. The minimum absolute atomic E-state index is 0.116. The van der Waals surface area contributed by atoms with E-state index in [4.69, 9.17) is 15.9 Å². The average Bonchev–Trinajstić information content (AvgIpc) is 2.46. The van der Waals surface area contributed by atoms with Gasteiger partial charge in [0.2, 0.25) is 0 Å². The second-order valence-electron chi connectivity index (χ2n) is 5.48. The van der Waals surface area contributed by atoms with Crippen molar-refractivity contribution in [3.63, 3.8) is 0 Å². The first-order valence-electron chi connectivity index (χ1n) is 7.24. The molecule has 1 saturated carbocycles. The van der Waals surface area contributed by atoms with Crippen molar-refractivity contribution in [1.82, 2.24) is 0 Å². The normalized spacial score (nSPS) is 23.2. The molecule has 1 aliphatic carbocycles. The third-order valence-electron chi connectivity index (χ3n) is 4.06. The molecule has 0 amide bonds. The Bertz CT molecular complexity index is 413. The Morgan fingerprint density at radius 3 is 2.68 bits per heavy atom. The predicted molar refractivity (Wildman–Crippen MR) is 78.3 cm³/mol. The lowest BCUT2D eigenvalue weighted by molar-refractivity contribution is 0.00177. The second kappa shape index (κ2) is 6.71. The standard InChI is InChI=1S/C16H24N2O/c1-2-12-4-3-5-15(10-12)19-11-13-6-8-14(9-7-13)16(17)18/h6-9,12,15H,2-5,10-11H2,1H3,(H3,17,18). The van der Waals surface area contributed by atoms with Crippen molar-refractivity contribution in [2.45, 2.75) is 51.7 Å². The fraction of sp³-hybridized carbons (Fsp3) is 0.562. The summed E-state index contributed by atoms with van der Waals surface area (Å²) in [6.07, 6.45) is 6.76. The van der Waals surface area contributed by atoms with Gasteiger partial charge in [0.25, 0.3) is 0 Å². The van der Waals surface area contributed by atoms with E-state index in [9.17, 15) is 0 Å². The number of ether oxygens (including phenoxy) is 1. The van der Waals surface area contributed by atoms with Crippen molar-refractivity contribution in [1.29, 1.82) is 5.41 Å². The fourth-order valence-corrected chi connectivity index (χ4v) is 2.76. The topological polar surface area (TPSA) is 59.1 Å². The van der Waals surface area contributed by atoms with E-state index in [1.807, 2.05) is 24.3 Å². The number of rotatable bonds is 5. The Balaban J connectivity index is 1.83. The van der Waals surface area contributed by atoms with Crippen molar-refractivity contribution >= 4 is 5.84 Å². The Kier molecular flexibility index (Phi) is 4.97. The summed E-state index contributed by atoms with van der Waals surface area (Å²) in [5.41, 5.74) is 7.36. The smallest absolute Gasteiger partial charge is 0.122 e. The van der Waals surface area contributed by atoms with Crippen LogP contribution < -0.4 is 5.73 Å². The van der Waals surface area contributed by atoms with E-state index in [0.717, 1.165) is 17.0 Å². The molecule has 104 valence electrons. The van der Waals surface area contributed by atoms with Crippen LogP contribution in [0.25, 0.3) is 0 Å². The molecule has 0 aliphatic heterocycles. The first kappa shape index (κ1) is 14.1. The third kappa shape index (κ3) is 4.06. The molecule has 1 aliphatic rings. The SMILES string of the molecule is CCC1CCCC(OCc2ccc(C(=N)N)cc2)C1. The zero-order valence-electron chi connectivity index (χ0n) is 11.7. The minimum Gasteiger partial charge on any atom is -0.384 e. The first-order chi connectivity index (χ1) is 9.19. The molecule has 0 saturated heterocycles. The zero-order valence-corrected chi connectivity index (χ0v) is 11.7. The van der Waals surface area contributed by atoms with Gasteiger partial charge >= 0.3 is 0 Å². The van der Waals surface area contributed by atoms with Crippen LogP contribution in [-0.4, -0.2) is 11.9 Å². The number of nitrogen functional groups attached to an aromatic ring is 1. The van der Waals surface area contributed by atoms with Gasteiger partial charge < -0.3 is 10.5 Å². The summed E-state index contributed by atoms with van der Waals surface area (Å²) in [5.74, 6) is 0.962. The summed E-state index contributed by atoms with van der Waals surface area (Å²) in [6.45, 7) is 2.94. The lowest BCUT2D eigenvalue weighted by Gasteiger charge is -2.28. The van der Waals surface area contributed by atoms with Crippen LogP contribution in [0.4, 0.5) is 0 Å². The molecular weight excluding hydrogens is 236 g/mol. The third-order valence-corrected chi connectivity index (χ3v) is 4.06. The van der Waals surface area contributed by atoms with E-state index < -0.39 is 0 Å². The van der Waals surface area contributed by atoms with E-state index in [2.05, 4.69) is 6.92 Å². The van der Waals surface area contributed by atoms with Gasteiger partial charge in [-0.05, 0) is 24.3 Å². The lowest BCUT2D eigenvalue weighted by Crippen LogP contribution is -2.22. The van der Waals surface area contributed by atoms with Crippen LogP contribution in [0.3, 0.4) is 0 Å². The molecule has 0 aromatic heterocycles. The highest BCUT2D eigenvalue weighted by Crippen LogP contribution is 2.28. The van der Waals surface area contributed by atoms with Gasteiger partial charge in [0.15, 0.2) is 0 Å². The summed E-state index contributed by atoms with van der Waals surface area (Å²) < 4.78 is 6.02. The maximum Gasteiger partial charge on any atom is 0.122 e. The van der Waals surface area contributed by atoms with Gasteiger partial charge in [0.1, 0.15) is 5.84 Å². The summed E-state index contributed by atoms with van der Waals surface area (Å²) in [6, 6.07) is 7.77. The number of hydrogen-bond donors (Lipinski definition) is 2. The number of nitrogens with one attached hydrogen (secondary N) is 1. The summed E-state index contributed by atoms with van der Waals surface area (Å²) >= 11 is 0. The van der Waals surface area contributed by atoms with Crippen molar-refractivity contribution in [3.05, 3.63) is 35.4 Å². The van der Waals surface area contributed by atoms with Crippen LogP contribution in [0.1, 0.15) is 50.2 Å². The Morgan fingerprint density at radius 1 is 1.32 bits per heavy atom. The van der Waals surface area contributed by atoms with Gasteiger partial charge in [-0.1, -0.05) is 50.5 Å². The molecule has 2 atom stereocenters. The zero-order chi connectivity index (χ0) is 13.7. The molecule has 1 aromatic carbocycles. The number of hydrogen-bond acceptors (Lipinski definition) is 2. The largest absolute Gasteiger partial charge is 0.384 e. The molecule has 3 N–H and O–H groups in total. The molecule has 0 heterocycles. The Hall–Kier alpha value is -1.35. The number of amidine groups is 1. The summed E-state index contributed by atoms with van der Waals surface area (Å²) in [4.78, 5) is 0. The summed E-state index contributed by atoms with van der Waals surface area (Å²) in [7, 11) is 0.